The fraction of sp³-hybridized carbons (Fsp3) is 0.500. The molecule has 0 spiro atoms. The molecule has 0 aromatic heterocycles. The largest absolute Gasteiger partial charge is 0.386 e. The highest BCUT2D eigenvalue weighted by molar-refractivity contribution is 5.27. The first-order chi connectivity index (χ1) is 12.8. The molecule has 3 heteroatoms. The van der Waals surface area contributed by atoms with Crippen LogP contribution in [0.15, 0.2) is 54.6 Å². The Hall–Kier alpha value is -1.68. The van der Waals surface area contributed by atoms with Crippen molar-refractivity contribution in [2.45, 2.75) is 44.3 Å². The highest BCUT2D eigenvalue weighted by atomic mass is 16.3. The number of aliphatic hydroxyl groups is 2. The molecule has 1 saturated carbocycles. The SMILES string of the molecule is CC(C)(O)c1ccc(CCN2C[C@@H]3C[C@@](O)(c4ccccc4)C[C@@H]3C2)cc1. The molecule has 2 aromatic rings. The number of rotatable bonds is 5. The zero-order chi connectivity index (χ0) is 19.1. The van der Waals surface area contributed by atoms with Crippen LogP contribution in [0.2, 0.25) is 0 Å². The van der Waals surface area contributed by atoms with E-state index in [4.69, 9.17) is 0 Å². The van der Waals surface area contributed by atoms with Crippen LogP contribution in [0.3, 0.4) is 0 Å². The summed E-state index contributed by atoms with van der Waals surface area (Å²) < 4.78 is 0. The molecule has 3 atom stereocenters. The molecular formula is C24H31NO2. The Balaban J connectivity index is 1.31. The van der Waals surface area contributed by atoms with Crippen molar-refractivity contribution in [3.63, 3.8) is 0 Å². The van der Waals surface area contributed by atoms with E-state index in [1.807, 2.05) is 44.2 Å². The number of hydrogen-bond donors (Lipinski definition) is 2. The molecule has 0 bridgehead atoms. The number of nitrogens with zero attached hydrogens (tertiary/aromatic N) is 1. The lowest BCUT2D eigenvalue weighted by Crippen LogP contribution is -2.29. The first-order valence-corrected chi connectivity index (χ1v) is 10.2. The maximum Gasteiger partial charge on any atom is 0.0903 e. The van der Waals surface area contributed by atoms with Crippen LogP contribution in [0.25, 0.3) is 0 Å². The van der Waals surface area contributed by atoms with Crippen LogP contribution in [-0.2, 0) is 17.6 Å². The molecule has 2 aromatic carbocycles. The summed E-state index contributed by atoms with van der Waals surface area (Å²) in [5.74, 6) is 1.21. The van der Waals surface area contributed by atoms with Gasteiger partial charge in [-0.2, -0.15) is 0 Å². The first kappa shape index (κ1) is 18.7. The molecule has 2 aliphatic rings. The van der Waals surface area contributed by atoms with E-state index >= 15 is 0 Å². The van der Waals surface area contributed by atoms with E-state index in [0.717, 1.165) is 50.0 Å². The number of likely N-dealkylation sites (tertiary alicyclic amines) is 1. The van der Waals surface area contributed by atoms with Crippen molar-refractivity contribution in [3.8, 4) is 0 Å². The van der Waals surface area contributed by atoms with Gasteiger partial charge in [-0.25, -0.2) is 0 Å². The van der Waals surface area contributed by atoms with Crippen molar-refractivity contribution in [2.24, 2.45) is 11.8 Å². The minimum atomic E-state index is -0.777. The summed E-state index contributed by atoms with van der Waals surface area (Å²) >= 11 is 0. The van der Waals surface area contributed by atoms with Crippen LogP contribution in [0.4, 0.5) is 0 Å². The highest BCUT2D eigenvalue weighted by Gasteiger charge is 2.48. The lowest BCUT2D eigenvalue weighted by molar-refractivity contribution is 0.0314. The number of benzene rings is 2. The van der Waals surface area contributed by atoms with Crippen molar-refractivity contribution in [1.82, 2.24) is 4.90 Å². The van der Waals surface area contributed by atoms with Crippen molar-refractivity contribution < 1.29 is 10.2 Å². The monoisotopic (exact) mass is 365 g/mol. The Kier molecular flexibility index (Phi) is 4.87. The molecule has 2 fully saturated rings. The average molecular weight is 366 g/mol. The van der Waals surface area contributed by atoms with Crippen LogP contribution < -0.4 is 0 Å². The Labute approximate surface area is 162 Å². The Morgan fingerprint density at radius 1 is 0.963 bits per heavy atom. The maximum absolute atomic E-state index is 11.1. The summed E-state index contributed by atoms with van der Waals surface area (Å²) in [7, 11) is 0. The van der Waals surface area contributed by atoms with Gasteiger partial charge in [0.25, 0.3) is 0 Å². The van der Waals surface area contributed by atoms with Gasteiger partial charge < -0.3 is 15.1 Å². The number of fused-ring (bicyclic) bond motifs is 1. The minimum Gasteiger partial charge on any atom is -0.386 e. The van der Waals surface area contributed by atoms with E-state index < -0.39 is 11.2 Å². The molecule has 1 aliphatic heterocycles. The van der Waals surface area contributed by atoms with Crippen LogP contribution >= 0.6 is 0 Å². The molecule has 4 rings (SSSR count). The normalized spacial score (nSPS) is 28.4. The third-order valence-electron chi connectivity index (χ3n) is 6.54. The fourth-order valence-electron chi connectivity index (χ4n) is 4.98. The van der Waals surface area contributed by atoms with E-state index in [-0.39, 0.29) is 0 Å². The maximum atomic E-state index is 11.1. The molecular weight excluding hydrogens is 334 g/mol. The Morgan fingerprint density at radius 2 is 1.56 bits per heavy atom. The van der Waals surface area contributed by atoms with Gasteiger partial charge in [0.05, 0.1) is 11.2 Å². The summed E-state index contributed by atoms with van der Waals surface area (Å²) in [6.07, 6.45) is 2.81. The van der Waals surface area contributed by atoms with E-state index in [1.54, 1.807) is 0 Å². The van der Waals surface area contributed by atoms with Gasteiger partial charge in [0.1, 0.15) is 0 Å². The summed E-state index contributed by atoms with van der Waals surface area (Å²) in [5.41, 5.74) is 1.96. The lowest BCUT2D eigenvalue weighted by Gasteiger charge is -2.26. The molecule has 1 aliphatic carbocycles. The summed E-state index contributed by atoms with van der Waals surface area (Å²) in [6.45, 7) is 6.91. The minimum absolute atomic E-state index is 0.604. The van der Waals surface area contributed by atoms with Crippen molar-refractivity contribution in [2.75, 3.05) is 19.6 Å². The second-order valence-corrected chi connectivity index (χ2v) is 9.09. The first-order valence-electron chi connectivity index (χ1n) is 10.2. The second kappa shape index (κ2) is 7.05. The van der Waals surface area contributed by atoms with Gasteiger partial charge in [-0.05, 0) is 61.6 Å². The predicted molar refractivity (Wildman–Crippen MR) is 108 cm³/mol. The third-order valence-corrected chi connectivity index (χ3v) is 6.54. The molecule has 0 radical (unpaired) electrons. The van der Waals surface area contributed by atoms with E-state index in [9.17, 15) is 10.2 Å². The Bertz CT molecular complexity index is 749. The molecule has 1 heterocycles. The summed E-state index contributed by atoms with van der Waals surface area (Å²) in [4.78, 5) is 2.56. The second-order valence-electron chi connectivity index (χ2n) is 9.09. The van der Waals surface area contributed by atoms with Gasteiger partial charge >= 0.3 is 0 Å². The summed E-state index contributed by atoms with van der Waals surface area (Å²) in [5, 5.41) is 21.2. The van der Waals surface area contributed by atoms with Crippen LogP contribution in [0.1, 0.15) is 43.4 Å². The van der Waals surface area contributed by atoms with Crippen molar-refractivity contribution >= 4 is 0 Å². The van der Waals surface area contributed by atoms with Gasteiger partial charge in [-0.1, -0.05) is 54.6 Å². The molecule has 0 amide bonds. The third kappa shape index (κ3) is 3.96. The van der Waals surface area contributed by atoms with E-state index in [1.165, 1.54) is 5.56 Å². The molecule has 1 saturated heterocycles. The van der Waals surface area contributed by atoms with Crippen molar-refractivity contribution in [1.29, 1.82) is 0 Å². The molecule has 3 nitrogen and oxygen atoms in total. The summed E-state index contributed by atoms with van der Waals surface area (Å²) in [6, 6.07) is 18.5. The fourth-order valence-corrected chi connectivity index (χ4v) is 4.98. The predicted octanol–water partition coefficient (Wildman–Crippen LogP) is 3.69. The van der Waals surface area contributed by atoms with E-state index in [2.05, 4.69) is 29.2 Å². The van der Waals surface area contributed by atoms with Crippen LogP contribution in [0.5, 0.6) is 0 Å². The van der Waals surface area contributed by atoms with Crippen LogP contribution in [0, 0.1) is 11.8 Å². The molecule has 144 valence electrons. The topological polar surface area (TPSA) is 43.7 Å². The number of hydrogen-bond acceptors (Lipinski definition) is 3. The Morgan fingerprint density at radius 3 is 2.11 bits per heavy atom. The molecule has 27 heavy (non-hydrogen) atoms. The van der Waals surface area contributed by atoms with Gasteiger partial charge in [0.15, 0.2) is 0 Å². The molecule has 0 unspecified atom stereocenters. The van der Waals surface area contributed by atoms with Crippen LogP contribution in [-0.4, -0.2) is 34.7 Å². The highest BCUT2D eigenvalue weighted by Crippen LogP contribution is 2.48. The van der Waals surface area contributed by atoms with E-state index in [0.29, 0.717) is 11.8 Å². The zero-order valence-electron chi connectivity index (χ0n) is 16.4. The smallest absolute Gasteiger partial charge is 0.0903 e. The van der Waals surface area contributed by atoms with Gasteiger partial charge in [-0.3, -0.25) is 0 Å². The zero-order valence-corrected chi connectivity index (χ0v) is 16.4. The average Bonchev–Trinajstić information content (AvgIpc) is 3.15. The van der Waals surface area contributed by atoms with Gasteiger partial charge in [0.2, 0.25) is 0 Å². The lowest BCUT2D eigenvalue weighted by atomic mass is 9.90. The standard InChI is InChI=1S/C24H31NO2/c1-23(2,26)21-10-8-18(9-11-21)12-13-25-16-19-14-24(27,15-20(19)17-25)22-6-4-3-5-7-22/h3-11,19-20,26-27H,12-17H2,1-2H3/t19-,20+,24-. The van der Waals surface area contributed by atoms with Gasteiger partial charge in [0, 0.05) is 19.6 Å². The van der Waals surface area contributed by atoms with Crippen molar-refractivity contribution in [3.05, 3.63) is 71.3 Å². The quantitative estimate of drug-likeness (QED) is 0.849. The molecule has 2 N–H and O–H groups in total. The van der Waals surface area contributed by atoms with Gasteiger partial charge in [-0.15, -0.1) is 0 Å².